The number of nitrogen functional groups attached to an aromatic ring is 2. The molecule has 124 valence electrons. The fourth-order valence-corrected chi connectivity index (χ4v) is 2.11. The number of rotatable bonds is 9. The van der Waals surface area contributed by atoms with Crippen LogP contribution in [0.1, 0.15) is 25.8 Å². The molecule has 0 heterocycles. The molecule has 0 aliphatic carbocycles. The Kier molecular flexibility index (Phi) is 7.54. The molecule has 0 amide bonds. The smallest absolute Gasteiger partial charge is 0.0541 e. The first-order valence-corrected chi connectivity index (χ1v) is 7.79. The fraction of sp³-hybridized carbons (Fsp3) is 0.263. The van der Waals surface area contributed by atoms with E-state index in [1.807, 2.05) is 19.1 Å². The van der Waals surface area contributed by atoms with Crippen LogP contribution in [0.5, 0.6) is 0 Å². The summed E-state index contributed by atoms with van der Waals surface area (Å²) in [6, 6.07) is 5.37. The minimum atomic E-state index is 0.572. The van der Waals surface area contributed by atoms with Crippen LogP contribution < -0.4 is 22.1 Å². The molecule has 0 saturated heterocycles. The number of allylic oxidation sites excluding steroid dienone is 2. The van der Waals surface area contributed by atoms with Crippen molar-refractivity contribution in [3.63, 3.8) is 0 Å². The Bertz CT molecular complexity index is 612. The molecule has 4 nitrogen and oxygen atoms in total. The summed E-state index contributed by atoms with van der Waals surface area (Å²) in [7, 11) is 0. The number of hydrogen-bond donors (Lipinski definition) is 4. The molecule has 0 aliphatic rings. The predicted octanol–water partition coefficient (Wildman–Crippen LogP) is 3.43. The summed E-state index contributed by atoms with van der Waals surface area (Å²) in [5, 5.41) is 6.54. The monoisotopic (exact) mass is 312 g/mol. The number of benzene rings is 1. The van der Waals surface area contributed by atoms with E-state index >= 15 is 0 Å². The van der Waals surface area contributed by atoms with Gasteiger partial charge < -0.3 is 22.1 Å². The largest absolute Gasteiger partial charge is 0.399 e. The SMILES string of the molecule is C=C(CNC(=C)c1cc(N)ccc1N)NCC(/C=C\C)=C/CC. The van der Waals surface area contributed by atoms with Gasteiger partial charge in [-0.1, -0.05) is 38.3 Å². The van der Waals surface area contributed by atoms with E-state index in [-0.39, 0.29) is 0 Å². The molecule has 0 saturated carbocycles. The van der Waals surface area contributed by atoms with Gasteiger partial charge in [-0.25, -0.2) is 0 Å². The average Bonchev–Trinajstić information content (AvgIpc) is 2.53. The van der Waals surface area contributed by atoms with Gasteiger partial charge in [-0.3, -0.25) is 0 Å². The van der Waals surface area contributed by atoms with E-state index in [1.165, 1.54) is 5.57 Å². The number of anilines is 2. The summed E-state index contributed by atoms with van der Waals surface area (Å²) in [6.45, 7) is 13.5. The molecule has 0 fully saturated rings. The van der Waals surface area contributed by atoms with Crippen LogP contribution in [0.15, 0.2) is 60.9 Å². The highest BCUT2D eigenvalue weighted by Crippen LogP contribution is 2.21. The van der Waals surface area contributed by atoms with Gasteiger partial charge in [0.05, 0.1) is 6.54 Å². The highest BCUT2D eigenvalue weighted by Gasteiger charge is 2.04. The molecular weight excluding hydrogens is 284 g/mol. The third-order valence-corrected chi connectivity index (χ3v) is 3.31. The Balaban J connectivity index is 2.51. The lowest BCUT2D eigenvalue weighted by Gasteiger charge is -2.15. The van der Waals surface area contributed by atoms with E-state index in [4.69, 9.17) is 11.5 Å². The van der Waals surface area contributed by atoms with Crippen molar-refractivity contribution in [3.8, 4) is 0 Å². The Morgan fingerprint density at radius 1 is 1.17 bits per heavy atom. The molecule has 1 aromatic carbocycles. The molecule has 4 heteroatoms. The van der Waals surface area contributed by atoms with Crippen LogP contribution in [0.4, 0.5) is 11.4 Å². The van der Waals surface area contributed by atoms with Crippen molar-refractivity contribution in [3.05, 3.63) is 66.4 Å². The summed E-state index contributed by atoms with van der Waals surface area (Å²) in [5.74, 6) is 0. The van der Waals surface area contributed by atoms with Gasteiger partial charge in [0, 0.05) is 34.9 Å². The zero-order valence-electron chi connectivity index (χ0n) is 14.2. The first-order valence-electron chi connectivity index (χ1n) is 7.79. The highest BCUT2D eigenvalue weighted by molar-refractivity contribution is 5.75. The van der Waals surface area contributed by atoms with E-state index in [1.54, 1.807) is 12.1 Å². The van der Waals surface area contributed by atoms with Gasteiger partial charge in [-0.15, -0.1) is 0 Å². The van der Waals surface area contributed by atoms with Gasteiger partial charge in [0.25, 0.3) is 0 Å². The van der Waals surface area contributed by atoms with Crippen LogP contribution in [0.3, 0.4) is 0 Å². The second kappa shape index (κ2) is 9.41. The van der Waals surface area contributed by atoms with E-state index in [9.17, 15) is 0 Å². The van der Waals surface area contributed by atoms with Crippen LogP contribution in [0.25, 0.3) is 5.70 Å². The molecule has 6 N–H and O–H groups in total. The molecule has 0 aromatic heterocycles. The Hall–Kier alpha value is -2.62. The van der Waals surface area contributed by atoms with Crippen molar-refractivity contribution < 1.29 is 0 Å². The molecule has 0 atom stereocenters. The molecule has 0 bridgehead atoms. The minimum absolute atomic E-state index is 0.572. The van der Waals surface area contributed by atoms with Crippen LogP contribution >= 0.6 is 0 Å². The van der Waals surface area contributed by atoms with Crippen LogP contribution in [-0.4, -0.2) is 13.1 Å². The van der Waals surface area contributed by atoms with Crippen LogP contribution in [0, 0.1) is 0 Å². The Morgan fingerprint density at radius 3 is 2.57 bits per heavy atom. The van der Waals surface area contributed by atoms with Gasteiger partial charge >= 0.3 is 0 Å². The lowest BCUT2D eigenvalue weighted by molar-refractivity contribution is 0.808. The Morgan fingerprint density at radius 2 is 1.91 bits per heavy atom. The highest BCUT2D eigenvalue weighted by atomic mass is 15.0. The van der Waals surface area contributed by atoms with E-state index < -0.39 is 0 Å². The molecule has 0 spiro atoms. The number of nitrogens with one attached hydrogen (secondary N) is 2. The van der Waals surface area contributed by atoms with Crippen LogP contribution in [-0.2, 0) is 0 Å². The van der Waals surface area contributed by atoms with Crippen molar-refractivity contribution in [2.45, 2.75) is 20.3 Å². The fourth-order valence-electron chi connectivity index (χ4n) is 2.11. The summed E-state index contributed by atoms with van der Waals surface area (Å²) in [4.78, 5) is 0. The zero-order chi connectivity index (χ0) is 17.2. The molecule has 23 heavy (non-hydrogen) atoms. The molecule has 0 radical (unpaired) electrons. The first kappa shape index (κ1) is 18.4. The summed E-state index contributed by atoms with van der Waals surface area (Å²) in [6.07, 6.45) is 7.34. The third-order valence-electron chi connectivity index (χ3n) is 3.31. The second-order valence-electron chi connectivity index (χ2n) is 5.32. The summed E-state index contributed by atoms with van der Waals surface area (Å²) >= 11 is 0. The van der Waals surface area contributed by atoms with E-state index in [2.05, 4.69) is 42.9 Å². The normalized spacial score (nSPS) is 11.5. The van der Waals surface area contributed by atoms with E-state index in [0.717, 1.165) is 29.9 Å². The van der Waals surface area contributed by atoms with E-state index in [0.29, 0.717) is 17.9 Å². The van der Waals surface area contributed by atoms with Crippen LogP contribution in [0.2, 0.25) is 0 Å². The topological polar surface area (TPSA) is 76.1 Å². The lowest BCUT2D eigenvalue weighted by atomic mass is 10.1. The van der Waals surface area contributed by atoms with Crippen molar-refractivity contribution in [2.75, 3.05) is 24.6 Å². The first-order chi connectivity index (χ1) is 11.0. The third kappa shape index (κ3) is 6.34. The van der Waals surface area contributed by atoms with Gasteiger partial charge in [0.1, 0.15) is 0 Å². The molecule has 1 rings (SSSR count). The quantitative estimate of drug-likeness (QED) is 0.416. The Labute approximate surface area is 139 Å². The van der Waals surface area contributed by atoms with Crippen molar-refractivity contribution in [1.29, 1.82) is 0 Å². The second-order valence-corrected chi connectivity index (χ2v) is 5.32. The number of hydrogen-bond acceptors (Lipinski definition) is 4. The van der Waals surface area contributed by atoms with Gasteiger partial charge in [0.15, 0.2) is 0 Å². The average molecular weight is 312 g/mol. The van der Waals surface area contributed by atoms with Gasteiger partial charge in [0.2, 0.25) is 0 Å². The van der Waals surface area contributed by atoms with Crippen molar-refractivity contribution >= 4 is 17.1 Å². The maximum Gasteiger partial charge on any atom is 0.0541 e. The zero-order valence-corrected chi connectivity index (χ0v) is 14.2. The number of nitrogens with two attached hydrogens (primary N) is 2. The molecular formula is C19H28N4. The van der Waals surface area contributed by atoms with Crippen molar-refractivity contribution in [2.24, 2.45) is 0 Å². The maximum atomic E-state index is 5.95. The summed E-state index contributed by atoms with van der Waals surface area (Å²) < 4.78 is 0. The molecule has 0 aliphatic heterocycles. The summed E-state index contributed by atoms with van der Waals surface area (Å²) in [5.41, 5.74) is 16.7. The standard InChI is InChI=1S/C19H28N4/c1-5-7-16(8-6-2)13-22-14(3)12-23-15(4)18-11-17(20)9-10-19(18)21/h5,7-11,22-23H,3-4,6,12-13,20-21H2,1-2H3/b7-5-,16-8+. The maximum absolute atomic E-state index is 5.95. The molecule has 0 unspecified atom stereocenters. The van der Waals surface area contributed by atoms with Gasteiger partial charge in [-0.05, 0) is 37.1 Å². The lowest BCUT2D eigenvalue weighted by Crippen LogP contribution is -2.25. The predicted molar refractivity (Wildman–Crippen MR) is 103 cm³/mol. The minimum Gasteiger partial charge on any atom is -0.399 e. The van der Waals surface area contributed by atoms with Gasteiger partial charge in [-0.2, -0.15) is 0 Å². The molecule has 1 aromatic rings. The van der Waals surface area contributed by atoms with Crippen molar-refractivity contribution in [1.82, 2.24) is 10.6 Å².